The first-order valence-corrected chi connectivity index (χ1v) is 8.06. The van der Waals surface area contributed by atoms with E-state index in [4.69, 9.17) is 23.2 Å². The van der Waals surface area contributed by atoms with E-state index in [1.54, 1.807) is 0 Å². The van der Waals surface area contributed by atoms with Gasteiger partial charge in [-0.25, -0.2) is 0 Å². The van der Waals surface area contributed by atoms with Crippen molar-refractivity contribution in [3.05, 3.63) is 76.1 Å². The van der Waals surface area contributed by atoms with Gasteiger partial charge in [0.15, 0.2) is 0 Å². The van der Waals surface area contributed by atoms with Crippen LogP contribution in [-0.4, -0.2) is 4.98 Å². The maximum atomic E-state index is 6.07. The summed E-state index contributed by atoms with van der Waals surface area (Å²) in [6.07, 6.45) is 3.74. The number of benzene rings is 1. The Balaban J connectivity index is 0.000000131. The van der Waals surface area contributed by atoms with E-state index in [1.165, 1.54) is 22.3 Å². The molecule has 0 atom stereocenters. The molecule has 1 heterocycles. The van der Waals surface area contributed by atoms with Gasteiger partial charge in [0, 0.05) is 28.2 Å². The Morgan fingerprint density at radius 3 is 2.18 bits per heavy atom. The van der Waals surface area contributed by atoms with Crippen LogP contribution in [0.2, 0.25) is 0 Å². The monoisotopic (exact) mass is 329 g/mol. The Bertz CT molecular complexity index is 720. The zero-order chi connectivity index (χ0) is 15.7. The zero-order valence-electron chi connectivity index (χ0n) is 12.7. The Kier molecular flexibility index (Phi) is 4.37. The minimum atomic E-state index is 0.883. The second kappa shape index (κ2) is 6.28. The zero-order valence-corrected chi connectivity index (χ0v) is 14.2. The van der Waals surface area contributed by atoms with Gasteiger partial charge in [-0.3, -0.25) is 4.98 Å². The van der Waals surface area contributed by atoms with Crippen LogP contribution in [0.25, 0.3) is 10.1 Å². The van der Waals surface area contributed by atoms with Gasteiger partial charge in [-0.05, 0) is 48.6 Å². The van der Waals surface area contributed by atoms with Crippen LogP contribution in [0.15, 0.2) is 53.7 Å². The third-order valence-electron chi connectivity index (χ3n) is 4.02. The maximum absolute atomic E-state index is 6.07. The number of fused-ring (bicyclic) bond motifs is 2. The van der Waals surface area contributed by atoms with Gasteiger partial charge < -0.3 is 0 Å². The molecular weight excluding hydrogens is 313 g/mol. The molecule has 22 heavy (non-hydrogen) atoms. The molecule has 0 N–H and O–H groups in total. The molecule has 0 aliphatic heterocycles. The van der Waals surface area contributed by atoms with E-state index in [0.29, 0.717) is 0 Å². The molecule has 0 saturated carbocycles. The highest BCUT2D eigenvalue weighted by Crippen LogP contribution is 2.35. The number of hydrogen-bond donors (Lipinski definition) is 0. The summed E-state index contributed by atoms with van der Waals surface area (Å²) in [5.41, 5.74) is 7.29. The first-order valence-electron chi connectivity index (χ1n) is 7.31. The van der Waals surface area contributed by atoms with Crippen LogP contribution in [0.5, 0.6) is 0 Å². The van der Waals surface area contributed by atoms with E-state index in [1.807, 2.05) is 31.3 Å². The lowest BCUT2D eigenvalue weighted by molar-refractivity contribution is 1.08. The second-order valence-electron chi connectivity index (χ2n) is 5.70. The fourth-order valence-corrected chi connectivity index (χ4v) is 3.31. The Hall–Kier alpha value is -1.57. The summed E-state index contributed by atoms with van der Waals surface area (Å²) in [6.45, 7) is 4.13. The van der Waals surface area contributed by atoms with Crippen molar-refractivity contribution in [2.45, 2.75) is 26.7 Å². The lowest BCUT2D eigenvalue weighted by Crippen LogP contribution is -1.86. The molecule has 1 aromatic carbocycles. The smallest absolute Gasteiger partial charge is 0.0531 e. The predicted molar refractivity (Wildman–Crippen MR) is 95.0 cm³/mol. The molecule has 4 rings (SSSR count). The van der Waals surface area contributed by atoms with E-state index >= 15 is 0 Å². The number of pyridine rings is 1. The van der Waals surface area contributed by atoms with Gasteiger partial charge in [-0.15, -0.1) is 0 Å². The van der Waals surface area contributed by atoms with E-state index in [2.05, 4.69) is 30.1 Å². The van der Waals surface area contributed by atoms with Crippen molar-refractivity contribution < 1.29 is 0 Å². The SMILES string of the molecule is CC1=C(Cl)c2ccccc2C1.CC1=C(Cl)c2cccnc2C1. The van der Waals surface area contributed by atoms with E-state index in [-0.39, 0.29) is 0 Å². The molecule has 0 amide bonds. The van der Waals surface area contributed by atoms with Crippen LogP contribution < -0.4 is 0 Å². The molecule has 2 aliphatic rings. The highest BCUT2D eigenvalue weighted by Gasteiger charge is 2.17. The van der Waals surface area contributed by atoms with Crippen molar-refractivity contribution in [1.29, 1.82) is 0 Å². The van der Waals surface area contributed by atoms with E-state index in [9.17, 15) is 0 Å². The van der Waals surface area contributed by atoms with E-state index < -0.39 is 0 Å². The normalized spacial score (nSPS) is 15.5. The third kappa shape index (κ3) is 2.84. The summed E-state index contributed by atoms with van der Waals surface area (Å²) in [7, 11) is 0. The van der Waals surface area contributed by atoms with Crippen LogP contribution in [0.3, 0.4) is 0 Å². The molecule has 0 fully saturated rings. The van der Waals surface area contributed by atoms with Crippen LogP contribution >= 0.6 is 23.2 Å². The number of halogens is 2. The average molecular weight is 330 g/mol. The molecule has 2 aliphatic carbocycles. The number of nitrogens with zero attached hydrogens (tertiary/aromatic N) is 1. The summed E-state index contributed by atoms with van der Waals surface area (Å²) in [6, 6.07) is 12.2. The highest BCUT2D eigenvalue weighted by molar-refractivity contribution is 6.50. The molecule has 0 radical (unpaired) electrons. The molecule has 112 valence electrons. The molecule has 1 nitrogen and oxygen atoms in total. The van der Waals surface area contributed by atoms with Gasteiger partial charge in [0.25, 0.3) is 0 Å². The number of hydrogen-bond acceptors (Lipinski definition) is 1. The van der Waals surface area contributed by atoms with Crippen LogP contribution in [0.1, 0.15) is 36.2 Å². The van der Waals surface area contributed by atoms with Crippen molar-refractivity contribution in [3.63, 3.8) is 0 Å². The van der Waals surface area contributed by atoms with Crippen molar-refractivity contribution in [1.82, 2.24) is 4.98 Å². The highest BCUT2D eigenvalue weighted by atomic mass is 35.5. The maximum Gasteiger partial charge on any atom is 0.0531 e. The summed E-state index contributed by atoms with van der Waals surface area (Å²) < 4.78 is 0. The average Bonchev–Trinajstić information content (AvgIpc) is 2.98. The molecule has 0 saturated heterocycles. The lowest BCUT2D eigenvalue weighted by Gasteiger charge is -1.95. The second-order valence-corrected chi connectivity index (χ2v) is 6.45. The number of aromatic nitrogens is 1. The lowest BCUT2D eigenvalue weighted by atomic mass is 10.1. The Morgan fingerprint density at radius 1 is 0.818 bits per heavy atom. The van der Waals surface area contributed by atoms with Crippen molar-refractivity contribution >= 4 is 33.3 Å². The molecular formula is C19H17Cl2N. The van der Waals surface area contributed by atoms with Crippen molar-refractivity contribution in [2.24, 2.45) is 0 Å². The first-order chi connectivity index (χ1) is 10.6. The Labute approximate surface area is 141 Å². The molecule has 0 bridgehead atoms. The standard InChI is InChI=1S/C10H9Cl.C9H8ClN/c1-7-6-8-4-2-3-5-9(8)10(7)11;1-6-5-8-7(9(6)10)3-2-4-11-8/h2-5H,6H2,1H3;2-4H,5H2,1H3. The third-order valence-corrected chi connectivity index (χ3v) is 5.07. The van der Waals surface area contributed by atoms with Crippen molar-refractivity contribution in [3.8, 4) is 0 Å². The topological polar surface area (TPSA) is 12.9 Å². The van der Waals surface area contributed by atoms with Gasteiger partial charge in [-0.1, -0.05) is 53.5 Å². The van der Waals surface area contributed by atoms with Gasteiger partial charge in [-0.2, -0.15) is 0 Å². The summed E-state index contributed by atoms with van der Waals surface area (Å²) in [4.78, 5) is 4.23. The van der Waals surface area contributed by atoms with Crippen LogP contribution in [-0.2, 0) is 12.8 Å². The summed E-state index contributed by atoms with van der Waals surface area (Å²) >= 11 is 12.1. The van der Waals surface area contributed by atoms with Crippen LogP contribution in [0, 0.1) is 0 Å². The van der Waals surface area contributed by atoms with Crippen molar-refractivity contribution in [2.75, 3.05) is 0 Å². The minimum absolute atomic E-state index is 0.883. The fourth-order valence-electron chi connectivity index (χ4n) is 2.82. The Morgan fingerprint density at radius 2 is 1.45 bits per heavy atom. The predicted octanol–water partition coefficient (Wildman–Crippen LogP) is 5.82. The fraction of sp³-hybridized carbons (Fsp3) is 0.211. The quantitative estimate of drug-likeness (QED) is 0.593. The molecule has 3 heteroatoms. The summed E-state index contributed by atoms with van der Waals surface area (Å²) in [5, 5.41) is 1.83. The number of rotatable bonds is 0. The van der Waals surface area contributed by atoms with Crippen LogP contribution in [0.4, 0.5) is 0 Å². The summed E-state index contributed by atoms with van der Waals surface area (Å²) in [5.74, 6) is 0. The molecule has 0 unspecified atom stereocenters. The van der Waals surface area contributed by atoms with Gasteiger partial charge >= 0.3 is 0 Å². The largest absolute Gasteiger partial charge is 0.260 e. The van der Waals surface area contributed by atoms with Gasteiger partial charge in [0.2, 0.25) is 0 Å². The van der Waals surface area contributed by atoms with Gasteiger partial charge in [0.1, 0.15) is 0 Å². The molecule has 2 aromatic rings. The first kappa shape index (κ1) is 15.3. The molecule has 1 aromatic heterocycles. The van der Waals surface area contributed by atoms with E-state index in [0.717, 1.165) is 34.2 Å². The van der Waals surface area contributed by atoms with Gasteiger partial charge in [0.05, 0.1) is 5.69 Å². The molecule has 0 spiro atoms. The minimum Gasteiger partial charge on any atom is -0.260 e. The number of allylic oxidation sites excluding steroid dienone is 2.